The van der Waals surface area contributed by atoms with Crippen molar-refractivity contribution in [2.75, 3.05) is 31.1 Å². The van der Waals surface area contributed by atoms with Gasteiger partial charge in [-0.15, -0.1) is 11.3 Å². The zero-order valence-electron chi connectivity index (χ0n) is 13.4. The number of anilines is 1. The Morgan fingerprint density at radius 1 is 1.12 bits per heavy atom. The van der Waals surface area contributed by atoms with Crippen LogP contribution in [0.1, 0.15) is 5.56 Å². The smallest absolute Gasteiger partial charge is 0.117 e. The summed E-state index contributed by atoms with van der Waals surface area (Å²) in [6, 6.07) is 11.7. The van der Waals surface area contributed by atoms with Crippen molar-refractivity contribution in [2.24, 2.45) is 0 Å². The van der Waals surface area contributed by atoms with Gasteiger partial charge < -0.3 is 10.0 Å². The molecule has 2 aromatic heterocycles. The van der Waals surface area contributed by atoms with E-state index < -0.39 is 0 Å². The van der Waals surface area contributed by atoms with Crippen molar-refractivity contribution in [3.8, 4) is 16.3 Å². The first kappa shape index (κ1) is 15.2. The molecule has 4 rings (SSSR count). The van der Waals surface area contributed by atoms with Crippen molar-refractivity contribution in [3.63, 3.8) is 0 Å². The van der Waals surface area contributed by atoms with Crippen molar-refractivity contribution < 1.29 is 5.11 Å². The van der Waals surface area contributed by atoms with Gasteiger partial charge in [-0.3, -0.25) is 10.00 Å². The van der Waals surface area contributed by atoms with Crippen LogP contribution in [0.3, 0.4) is 0 Å². The molecule has 1 fully saturated rings. The van der Waals surface area contributed by atoms with Gasteiger partial charge in [-0.25, -0.2) is 0 Å². The lowest BCUT2D eigenvalue weighted by Gasteiger charge is -2.36. The van der Waals surface area contributed by atoms with Crippen molar-refractivity contribution in [1.29, 1.82) is 0 Å². The molecule has 0 bridgehead atoms. The van der Waals surface area contributed by atoms with Crippen molar-refractivity contribution in [3.05, 3.63) is 53.5 Å². The van der Waals surface area contributed by atoms with Gasteiger partial charge in [0.2, 0.25) is 0 Å². The van der Waals surface area contributed by atoms with E-state index >= 15 is 0 Å². The van der Waals surface area contributed by atoms with Crippen molar-refractivity contribution in [2.45, 2.75) is 6.54 Å². The number of aromatic amines is 1. The standard InChI is InChI=1S/C18H20N4OS/c23-16-4-1-3-15(11-16)22-8-6-21(7-9-22)13-14-12-19-20-18(14)17-5-2-10-24-17/h1-5,10-12,23H,6-9,13H2,(H,19,20). The van der Waals surface area contributed by atoms with E-state index in [4.69, 9.17) is 0 Å². The van der Waals surface area contributed by atoms with Gasteiger partial charge in [-0.05, 0) is 23.6 Å². The maximum Gasteiger partial charge on any atom is 0.117 e. The highest BCUT2D eigenvalue weighted by Gasteiger charge is 2.19. The number of H-pyrrole nitrogens is 1. The number of phenolic OH excluding ortho intramolecular Hbond substituents is 1. The maximum absolute atomic E-state index is 9.64. The van der Waals surface area contributed by atoms with E-state index in [1.165, 1.54) is 10.4 Å². The third-order valence-corrected chi connectivity index (χ3v) is 5.33. The fraction of sp³-hybridized carbons (Fsp3) is 0.278. The molecule has 0 unspecified atom stereocenters. The zero-order valence-corrected chi connectivity index (χ0v) is 14.2. The molecule has 3 aromatic rings. The number of nitrogens with one attached hydrogen (secondary N) is 1. The molecule has 1 aromatic carbocycles. The molecule has 0 amide bonds. The Labute approximate surface area is 145 Å². The second-order valence-electron chi connectivity index (χ2n) is 6.03. The SMILES string of the molecule is Oc1cccc(N2CCN(Cc3cn[nH]c3-c3cccs3)CC2)c1. The number of benzene rings is 1. The van der Waals surface area contributed by atoms with Crippen LogP contribution in [-0.2, 0) is 6.54 Å². The van der Waals surface area contributed by atoms with Gasteiger partial charge >= 0.3 is 0 Å². The van der Waals surface area contributed by atoms with Gasteiger partial charge in [0.05, 0.1) is 16.8 Å². The lowest BCUT2D eigenvalue weighted by atomic mass is 10.2. The first-order valence-electron chi connectivity index (χ1n) is 8.12. The fourth-order valence-electron chi connectivity index (χ4n) is 3.16. The monoisotopic (exact) mass is 340 g/mol. The zero-order chi connectivity index (χ0) is 16.4. The largest absolute Gasteiger partial charge is 0.508 e. The fourth-order valence-corrected chi connectivity index (χ4v) is 3.92. The Morgan fingerprint density at radius 3 is 2.75 bits per heavy atom. The summed E-state index contributed by atoms with van der Waals surface area (Å²) < 4.78 is 0. The molecular formula is C18H20N4OS. The van der Waals surface area contributed by atoms with Crippen LogP contribution in [0.25, 0.3) is 10.6 Å². The van der Waals surface area contributed by atoms with E-state index in [9.17, 15) is 5.11 Å². The molecule has 24 heavy (non-hydrogen) atoms. The molecule has 1 aliphatic heterocycles. The van der Waals surface area contributed by atoms with Crippen LogP contribution in [0.15, 0.2) is 48.0 Å². The average Bonchev–Trinajstić information content (AvgIpc) is 3.26. The number of thiophene rings is 1. The number of aromatic nitrogens is 2. The summed E-state index contributed by atoms with van der Waals surface area (Å²) in [5, 5.41) is 19.1. The van der Waals surface area contributed by atoms with E-state index in [0.717, 1.165) is 44.1 Å². The molecule has 0 saturated carbocycles. The van der Waals surface area contributed by atoms with Crippen molar-refractivity contribution in [1.82, 2.24) is 15.1 Å². The molecule has 1 saturated heterocycles. The van der Waals surface area contributed by atoms with Crippen LogP contribution in [-0.4, -0.2) is 46.4 Å². The van der Waals surface area contributed by atoms with E-state index in [1.54, 1.807) is 17.4 Å². The Hall–Kier alpha value is -2.31. The van der Waals surface area contributed by atoms with Crippen LogP contribution < -0.4 is 4.90 Å². The number of nitrogens with zero attached hydrogens (tertiary/aromatic N) is 3. The summed E-state index contributed by atoms with van der Waals surface area (Å²) in [5.74, 6) is 0.328. The number of piperazine rings is 1. The molecule has 124 valence electrons. The molecule has 6 heteroatoms. The summed E-state index contributed by atoms with van der Waals surface area (Å²) in [6.07, 6.45) is 1.94. The van der Waals surface area contributed by atoms with Gasteiger partial charge in [0, 0.05) is 50.0 Å². The van der Waals surface area contributed by atoms with Crippen molar-refractivity contribution >= 4 is 17.0 Å². The molecule has 3 heterocycles. The van der Waals surface area contributed by atoms with E-state index in [1.807, 2.05) is 18.3 Å². The van der Waals surface area contributed by atoms with Gasteiger partial charge in [0.1, 0.15) is 5.75 Å². The molecule has 0 radical (unpaired) electrons. The van der Waals surface area contributed by atoms with E-state index in [2.05, 4.69) is 43.6 Å². The Bertz CT molecular complexity index is 791. The normalized spacial score (nSPS) is 15.8. The topological polar surface area (TPSA) is 55.4 Å². The third kappa shape index (κ3) is 3.16. The Balaban J connectivity index is 1.40. The second-order valence-corrected chi connectivity index (χ2v) is 6.98. The minimum Gasteiger partial charge on any atom is -0.508 e. The van der Waals surface area contributed by atoms with Gasteiger partial charge in [-0.1, -0.05) is 12.1 Å². The predicted octanol–water partition coefficient (Wildman–Crippen LogP) is 3.17. The molecule has 2 N–H and O–H groups in total. The second kappa shape index (κ2) is 6.67. The minimum absolute atomic E-state index is 0.328. The number of phenols is 1. The summed E-state index contributed by atoms with van der Waals surface area (Å²) in [4.78, 5) is 6.02. The summed E-state index contributed by atoms with van der Waals surface area (Å²) in [7, 11) is 0. The Kier molecular flexibility index (Phi) is 4.23. The summed E-state index contributed by atoms with van der Waals surface area (Å²) in [5.41, 5.74) is 3.49. The number of hydrogen-bond acceptors (Lipinski definition) is 5. The lowest BCUT2D eigenvalue weighted by Crippen LogP contribution is -2.45. The molecule has 1 aliphatic rings. The highest BCUT2D eigenvalue weighted by Crippen LogP contribution is 2.27. The first-order valence-corrected chi connectivity index (χ1v) is 9.00. The lowest BCUT2D eigenvalue weighted by molar-refractivity contribution is 0.250. The third-order valence-electron chi connectivity index (χ3n) is 4.45. The van der Waals surface area contributed by atoms with Gasteiger partial charge in [0.25, 0.3) is 0 Å². The molecule has 0 atom stereocenters. The first-order chi connectivity index (χ1) is 11.8. The average molecular weight is 340 g/mol. The number of rotatable bonds is 4. The van der Waals surface area contributed by atoms with Crippen LogP contribution in [0.2, 0.25) is 0 Å². The molecule has 5 nitrogen and oxygen atoms in total. The predicted molar refractivity (Wildman–Crippen MR) is 97.5 cm³/mol. The highest BCUT2D eigenvalue weighted by atomic mass is 32.1. The number of hydrogen-bond donors (Lipinski definition) is 2. The molecule has 0 spiro atoms. The summed E-state index contributed by atoms with van der Waals surface area (Å²) in [6.45, 7) is 4.86. The van der Waals surface area contributed by atoms with Crippen LogP contribution in [0.4, 0.5) is 5.69 Å². The van der Waals surface area contributed by atoms with Crippen LogP contribution in [0, 0.1) is 0 Å². The van der Waals surface area contributed by atoms with Gasteiger partial charge in [0.15, 0.2) is 0 Å². The molecular weight excluding hydrogens is 320 g/mol. The minimum atomic E-state index is 0.328. The van der Waals surface area contributed by atoms with Crippen LogP contribution in [0.5, 0.6) is 5.75 Å². The maximum atomic E-state index is 9.64. The number of aromatic hydroxyl groups is 1. The Morgan fingerprint density at radius 2 is 2.00 bits per heavy atom. The van der Waals surface area contributed by atoms with Crippen LogP contribution >= 0.6 is 11.3 Å². The molecule has 0 aliphatic carbocycles. The van der Waals surface area contributed by atoms with E-state index in [0.29, 0.717) is 5.75 Å². The quantitative estimate of drug-likeness (QED) is 0.766. The summed E-state index contributed by atoms with van der Waals surface area (Å²) >= 11 is 1.73. The van der Waals surface area contributed by atoms with E-state index in [-0.39, 0.29) is 0 Å². The van der Waals surface area contributed by atoms with Gasteiger partial charge in [-0.2, -0.15) is 5.10 Å². The highest BCUT2D eigenvalue weighted by molar-refractivity contribution is 7.13.